The number of benzene rings is 3. The zero-order valence-corrected chi connectivity index (χ0v) is 28.5. The van der Waals surface area contributed by atoms with Crippen molar-refractivity contribution >= 4 is 69.5 Å². The number of hydrogen-bond donors (Lipinski definition) is 1. The quantitative estimate of drug-likeness (QED) is 0.152. The highest BCUT2D eigenvalue weighted by molar-refractivity contribution is 7.99. The lowest BCUT2D eigenvalue weighted by Crippen LogP contribution is -2.12. The number of fused-ring (bicyclic) bond motifs is 6. The van der Waals surface area contributed by atoms with E-state index in [4.69, 9.17) is 21.4 Å². The van der Waals surface area contributed by atoms with Crippen molar-refractivity contribution in [2.45, 2.75) is 37.0 Å². The van der Waals surface area contributed by atoms with E-state index in [1.807, 2.05) is 59.5 Å². The molecular formula is C35H36ClN5O3S2. The second-order valence-corrected chi connectivity index (χ2v) is 13.8. The number of hydrazone groups is 1. The van der Waals surface area contributed by atoms with Gasteiger partial charge in [-0.1, -0.05) is 41.9 Å². The van der Waals surface area contributed by atoms with Crippen LogP contribution in [0.25, 0.3) is 32.8 Å². The zero-order valence-electron chi connectivity index (χ0n) is 26.1. The number of aromatic carboxylic acids is 1. The summed E-state index contributed by atoms with van der Waals surface area (Å²) in [4.78, 5) is 13.6. The molecule has 0 unspecified atom stereocenters. The number of ether oxygens (including phenoxy) is 1. The summed E-state index contributed by atoms with van der Waals surface area (Å²) in [7, 11) is 3.86. The Bertz CT molecular complexity index is 1980. The van der Waals surface area contributed by atoms with Crippen molar-refractivity contribution in [1.82, 2.24) is 19.4 Å². The number of carboxylic acid groups (broad SMARTS) is 1. The maximum absolute atomic E-state index is 12.5. The molecule has 1 aliphatic rings. The number of aromatic nitrogens is 3. The van der Waals surface area contributed by atoms with E-state index in [0.29, 0.717) is 30.3 Å². The second kappa shape index (κ2) is 13.9. The van der Waals surface area contributed by atoms with E-state index in [1.54, 1.807) is 29.6 Å². The molecule has 0 amide bonds. The van der Waals surface area contributed by atoms with Crippen LogP contribution in [-0.2, 0) is 19.3 Å². The van der Waals surface area contributed by atoms with Crippen LogP contribution in [0.3, 0.4) is 0 Å². The summed E-state index contributed by atoms with van der Waals surface area (Å²) in [5.74, 6) is 2.15. The standard InChI is InChI=1S/C35H36ClN5O3S2/c1-22-33-29(38-39(22)3)21-45-16-7-10-24(40(4)37-2)20-46-25-17-23-9-5-6-11-26(23)32(18-25)44-15-8-14-41-30-13-12-28(36)34(33)27(30)19-31(41)35(42)43/h5-6,9-13,17-19H,2,7-8,14-16,20-21H2,1,3-4H3,(H,42,43)/b24-10-. The molecule has 2 aromatic heterocycles. The van der Waals surface area contributed by atoms with E-state index in [-0.39, 0.29) is 5.69 Å². The summed E-state index contributed by atoms with van der Waals surface area (Å²) in [5, 5.41) is 24.6. The first kappa shape index (κ1) is 32.1. The highest BCUT2D eigenvalue weighted by atomic mass is 35.5. The number of nitrogens with zero attached hydrogens (tertiary/aromatic N) is 5. The lowest BCUT2D eigenvalue weighted by atomic mass is 9.99. The third-order valence-electron chi connectivity index (χ3n) is 8.39. The maximum atomic E-state index is 12.5. The first-order valence-electron chi connectivity index (χ1n) is 15.1. The van der Waals surface area contributed by atoms with Gasteiger partial charge in [0.25, 0.3) is 0 Å². The summed E-state index contributed by atoms with van der Waals surface area (Å²) < 4.78 is 10.1. The number of halogens is 1. The van der Waals surface area contributed by atoms with Crippen molar-refractivity contribution in [3.05, 3.63) is 88.5 Å². The molecule has 6 bridgehead atoms. The Balaban J connectivity index is 1.43. The average Bonchev–Trinajstić information content (AvgIpc) is 3.55. The van der Waals surface area contributed by atoms with Crippen LogP contribution in [0.15, 0.2) is 76.4 Å². The largest absolute Gasteiger partial charge is 0.493 e. The summed E-state index contributed by atoms with van der Waals surface area (Å²) in [6, 6.07) is 18.0. The Morgan fingerprint density at radius 3 is 2.76 bits per heavy atom. The van der Waals surface area contributed by atoms with E-state index in [9.17, 15) is 9.90 Å². The fourth-order valence-corrected chi connectivity index (χ4v) is 8.05. The fraction of sp³-hybridized carbons (Fsp3) is 0.286. The molecule has 6 rings (SSSR count). The first-order valence-corrected chi connectivity index (χ1v) is 17.6. The van der Waals surface area contributed by atoms with E-state index >= 15 is 0 Å². The molecule has 0 fully saturated rings. The van der Waals surface area contributed by atoms with Crippen LogP contribution in [0.4, 0.5) is 0 Å². The number of carboxylic acids is 1. The molecule has 3 heterocycles. The Morgan fingerprint density at radius 1 is 1.13 bits per heavy atom. The van der Waals surface area contributed by atoms with Gasteiger partial charge in [0, 0.05) is 87.6 Å². The molecular weight excluding hydrogens is 638 g/mol. The smallest absolute Gasteiger partial charge is 0.352 e. The Labute approximate surface area is 282 Å². The topological polar surface area (TPSA) is 84.9 Å². The van der Waals surface area contributed by atoms with Crippen LogP contribution in [-0.4, -0.2) is 62.3 Å². The van der Waals surface area contributed by atoms with Crippen molar-refractivity contribution in [2.24, 2.45) is 12.1 Å². The number of allylic oxidation sites excluding steroid dienone is 1. The molecule has 0 saturated carbocycles. The van der Waals surface area contributed by atoms with Gasteiger partial charge in [-0.05, 0) is 61.2 Å². The minimum atomic E-state index is -0.979. The van der Waals surface area contributed by atoms with Crippen LogP contribution in [0.1, 0.15) is 34.7 Å². The number of thioether (sulfide) groups is 2. The number of carbonyl (C=O) groups is 1. The predicted octanol–water partition coefficient (Wildman–Crippen LogP) is 8.48. The van der Waals surface area contributed by atoms with Gasteiger partial charge in [0.1, 0.15) is 11.4 Å². The van der Waals surface area contributed by atoms with Crippen molar-refractivity contribution in [1.29, 1.82) is 0 Å². The summed E-state index contributed by atoms with van der Waals surface area (Å²) in [6.45, 7) is 6.68. The van der Waals surface area contributed by atoms with Crippen molar-refractivity contribution in [3.8, 4) is 16.9 Å². The molecule has 0 saturated heterocycles. The molecule has 0 radical (unpaired) electrons. The fourth-order valence-electron chi connectivity index (χ4n) is 5.95. The summed E-state index contributed by atoms with van der Waals surface area (Å²) in [5.41, 5.74) is 5.84. The van der Waals surface area contributed by atoms with Gasteiger partial charge in [-0.3, -0.25) is 9.69 Å². The predicted molar refractivity (Wildman–Crippen MR) is 192 cm³/mol. The Morgan fingerprint density at radius 2 is 1.96 bits per heavy atom. The number of hydrogen-bond acceptors (Lipinski definition) is 7. The lowest BCUT2D eigenvalue weighted by Gasteiger charge is -2.17. The summed E-state index contributed by atoms with van der Waals surface area (Å²) in [6.07, 6.45) is 3.70. The molecule has 5 aromatic rings. The van der Waals surface area contributed by atoms with Gasteiger partial charge < -0.3 is 14.4 Å². The van der Waals surface area contributed by atoms with Crippen LogP contribution in [0, 0.1) is 6.92 Å². The Hall–Kier alpha value is -3.86. The molecule has 1 aliphatic heterocycles. The SMILES string of the molecule is C=NN(C)/C1=C\CCSCc2nn(C)c(C)c2-c2c(Cl)ccc3c2cc(C(=O)O)n3CCCOc2cc(cc3ccccc23)SC1. The first-order chi connectivity index (χ1) is 22.3. The van der Waals surface area contributed by atoms with Gasteiger partial charge in [0.15, 0.2) is 0 Å². The molecule has 1 N–H and O–H groups in total. The van der Waals surface area contributed by atoms with Crippen LogP contribution in [0.5, 0.6) is 5.75 Å². The van der Waals surface area contributed by atoms with E-state index in [0.717, 1.165) is 78.5 Å². The van der Waals surface area contributed by atoms with Crippen molar-refractivity contribution < 1.29 is 14.6 Å². The van der Waals surface area contributed by atoms with Gasteiger partial charge in [-0.25, -0.2) is 4.79 Å². The zero-order chi connectivity index (χ0) is 32.4. The molecule has 0 atom stereocenters. The highest BCUT2D eigenvalue weighted by Gasteiger charge is 2.24. The highest BCUT2D eigenvalue weighted by Crippen LogP contribution is 2.41. The molecule has 0 aliphatic carbocycles. The van der Waals surface area contributed by atoms with E-state index in [1.165, 1.54) is 0 Å². The molecule has 0 spiro atoms. The molecule has 11 heteroatoms. The van der Waals surface area contributed by atoms with Gasteiger partial charge in [-0.2, -0.15) is 22.0 Å². The number of aryl methyl sites for hydroxylation is 2. The van der Waals surface area contributed by atoms with Gasteiger partial charge >= 0.3 is 5.97 Å². The van der Waals surface area contributed by atoms with Crippen LogP contribution < -0.4 is 4.74 Å². The minimum absolute atomic E-state index is 0.226. The third kappa shape index (κ3) is 6.38. The molecule has 238 valence electrons. The molecule has 8 nitrogen and oxygen atoms in total. The second-order valence-electron chi connectivity index (χ2n) is 11.2. The summed E-state index contributed by atoms with van der Waals surface area (Å²) >= 11 is 10.5. The van der Waals surface area contributed by atoms with E-state index < -0.39 is 5.97 Å². The minimum Gasteiger partial charge on any atom is -0.493 e. The van der Waals surface area contributed by atoms with Crippen LogP contribution in [0.2, 0.25) is 5.02 Å². The number of rotatable bonds is 3. The van der Waals surface area contributed by atoms with Gasteiger partial charge in [-0.15, -0.1) is 11.8 Å². The van der Waals surface area contributed by atoms with Gasteiger partial charge in [0.2, 0.25) is 0 Å². The maximum Gasteiger partial charge on any atom is 0.352 e. The Kier molecular flexibility index (Phi) is 9.67. The van der Waals surface area contributed by atoms with Crippen molar-refractivity contribution in [3.63, 3.8) is 0 Å². The van der Waals surface area contributed by atoms with Crippen molar-refractivity contribution in [2.75, 3.05) is 25.2 Å². The normalized spacial score (nSPS) is 15.9. The third-order valence-corrected chi connectivity index (χ3v) is 10.7. The van der Waals surface area contributed by atoms with E-state index in [2.05, 4.69) is 42.2 Å². The average molecular weight is 674 g/mol. The van der Waals surface area contributed by atoms with Gasteiger partial charge in [0.05, 0.1) is 12.3 Å². The van der Waals surface area contributed by atoms with Crippen LogP contribution >= 0.6 is 35.1 Å². The molecule has 3 aromatic carbocycles. The monoisotopic (exact) mass is 673 g/mol. The molecule has 46 heavy (non-hydrogen) atoms. The lowest BCUT2D eigenvalue weighted by molar-refractivity contribution is 0.0685.